The number of para-hydroxylation sites is 3. The smallest absolute Gasteiger partial charge is 0.0541 e. The molecule has 55 heavy (non-hydrogen) atoms. The molecule has 0 fully saturated rings. The number of hydrogen-bond donors (Lipinski definition) is 0. The van der Waals surface area contributed by atoms with E-state index in [1.807, 2.05) is 0 Å². The van der Waals surface area contributed by atoms with Gasteiger partial charge < -0.3 is 9.13 Å². The molecule has 2 nitrogen and oxygen atoms in total. The van der Waals surface area contributed by atoms with E-state index >= 15 is 0 Å². The highest BCUT2D eigenvalue weighted by Gasteiger charge is 2.40. The fourth-order valence-electron chi connectivity index (χ4n) is 9.60. The molecule has 10 rings (SSSR count). The van der Waals surface area contributed by atoms with Crippen molar-refractivity contribution < 1.29 is 0 Å². The third-order valence-electron chi connectivity index (χ3n) is 12.4. The normalized spacial score (nSPS) is 13.6. The minimum absolute atomic E-state index is 0.0164. The Balaban J connectivity index is 0.968. The van der Waals surface area contributed by atoms with Crippen LogP contribution in [0.25, 0.3) is 84.7 Å². The fraction of sp³-hybridized carbons (Fsp3) is 0.132. The third kappa shape index (κ3) is 5.23. The number of fused-ring (bicyclic) bond motifs is 9. The van der Waals surface area contributed by atoms with Crippen LogP contribution in [0.5, 0.6) is 0 Å². The fourth-order valence-corrected chi connectivity index (χ4v) is 9.60. The molecule has 9 aromatic rings. The van der Waals surface area contributed by atoms with Gasteiger partial charge in [0.2, 0.25) is 0 Å². The molecule has 0 amide bonds. The predicted octanol–water partition coefficient (Wildman–Crippen LogP) is 14.3. The van der Waals surface area contributed by atoms with Crippen molar-refractivity contribution >= 4 is 67.9 Å². The van der Waals surface area contributed by atoms with E-state index in [4.69, 9.17) is 0 Å². The van der Waals surface area contributed by atoms with E-state index in [1.54, 1.807) is 0 Å². The summed E-state index contributed by atoms with van der Waals surface area (Å²) in [5.74, 6) is 0. The average Bonchev–Trinajstić information content (AvgIpc) is 3.85. The molecular formula is C53H44N2. The second-order valence-electron chi connectivity index (χ2n) is 15.1. The van der Waals surface area contributed by atoms with E-state index in [9.17, 15) is 0 Å². The highest BCUT2D eigenvalue weighted by Crippen LogP contribution is 2.53. The Kier molecular flexibility index (Phi) is 7.96. The van der Waals surface area contributed by atoms with Crippen molar-refractivity contribution in [1.29, 1.82) is 0 Å². The summed E-state index contributed by atoms with van der Waals surface area (Å²) in [5, 5.41) is 5.19. The maximum atomic E-state index is 2.46. The molecule has 0 saturated heterocycles. The van der Waals surface area contributed by atoms with Gasteiger partial charge in [-0.15, -0.1) is 0 Å². The number of aryl methyl sites for hydroxylation is 1. The zero-order chi connectivity index (χ0) is 37.1. The topological polar surface area (TPSA) is 9.86 Å². The summed E-state index contributed by atoms with van der Waals surface area (Å²) in [6, 6.07) is 56.1. The second kappa shape index (κ2) is 13.2. The Hall–Kier alpha value is -6.38. The third-order valence-corrected chi connectivity index (χ3v) is 12.4. The molecule has 0 saturated carbocycles. The lowest BCUT2D eigenvalue weighted by Crippen LogP contribution is -2.23. The predicted molar refractivity (Wildman–Crippen MR) is 237 cm³/mol. The minimum Gasteiger partial charge on any atom is -0.341 e. The first kappa shape index (κ1) is 33.2. The van der Waals surface area contributed by atoms with Crippen LogP contribution in [0, 0.1) is 0 Å². The van der Waals surface area contributed by atoms with Gasteiger partial charge in [-0.2, -0.15) is 0 Å². The van der Waals surface area contributed by atoms with Gasteiger partial charge in [-0.1, -0.05) is 141 Å². The molecule has 266 valence electrons. The van der Waals surface area contributed by atoms with Crippen LogP contribution < -0.4 is 0 Å². The largest absolute Gasteiger partial charge is 0.341 e. The Labute approximate surface area is 323 Å². The second-order valence-corrected chi connectivity index (χ2v) is 15.1. The lowest BCUT2D eigenvalue weighted by atomic mass is 9.73. The zero-order valence-electron chi connectivity index (χ0n) is 31.8. The monoisotopic (exact) mass is 708 g/mol. The minimum atomic E-state index is -0.0164. The SMILES string of the molecule is CCn1c2ccccc2c2cc(C=Cc3ccc4c(c3)C(CC)(CC)c3cc(C=Cc5ccc6c(c5)c5ccccc5n6-c5ccccc5)ccc3-4)ccc21. The summed E-state index contributed by atoms with van der Waals surface area (Å²) >= 11 is 0. The lowest BCUT2D eigenvalue weighted by molar-refractivity contribution is 0.490. The standard InChI is InChI=1S/C53H44N2/c1-4-53(5-2)47-34-38(22-20-36-26-30-50-45(32-36)43-16-10-12-18-49(43)54(50)6-3)24-28-41(47)42-29-25-39(35-48(42)53)23-21-37-27-31-52-46(33-37)44-17-11-13-19-51(44)55(52)40-14-8-7-9-15-40/h7-35H,4-6H2,1-3H3. The molecule has 7 aromatic carbocycles. The van der Waals surface area contributed by atoms with E-state index in [0.29, 0.717) is 0 Å². The number of rotatable bonds is 8. The van der Waals surface area contributed by atoms with Crippen LogP contribution in [0.4, 0.5) is 0 Å². The van der Waals surface area contributed by atoms with Crippen LogP contribution in [0.1, 0.15) is 67.0 Å². The number of hydrogen-bond acceptors (Lipinski definition) is 0. The van der Waals surface area contributed by atoms with Gasteiger partial charge in [-0.05, 0) is 113 Å². The maximum absolute atomic E-state index is 2.46. The first-order valence-corrected chi connectivity index (χ1v) is 19.9. The summed E-state index contributed by atoms with van der Waals surface area (Å²) in [5.41, 5.74) is 16.8. The van der Waals surface area contributed by atoms with Gasteiger partial charge in [0.15, 0.2) is 0 Å². The van der Waals surface area contributed by atoms with Gasteiger partial charge in [-0.3, -0.25) is 0 Å². The molecule has 1 aliphatic rings. The van der Waals surface area contributed by atoms with Gasteiger partial charge in [0.25, 0.3) is 0 Å². The Morgan fingerprint density at radius 3 is 1.44 bits per heavy atom. The van der Waals surface area contributed by atoms with Crippen molar-refractivity contribution in [2.45, 2.75) is 45.6 Å². The molecule has 1 aliphatic carbocycles. The molecule has 2 aromatic heterocycles. The van der Waals surface area contributed by atoms with E-state index in [2.05, 4.69) is 206 Å². The van der Waals surface area contributed by atoms with E-state index in [-0.39, 0.29) is 5.41 Å². The van der Waals surface area contributed by atoms with Crippen LogP contribution in [0.15, 0.2) is 152 Å². The Morgan fingerprint density at radius 2 is 0.855 bits per heavy atom. The summed E-state index contributed by atoms with van der Waals surface area (Å²) in [6.45, 7) is 7.90. The van der Waals surface area contributed by atoms with E-state index in [0.717, 1.165) is 19.4 Å². The first-order chi connectivity index (χ1) is 27.1. The maximum Gasteiger partial charge on any atom is 0.0541 e. The number of aromatic nitrogens is 2. The zero-order valence-corrected chi connectivity index (χ0v) is 31.8. The van der Waals surface area contributed by atoms with E-state index in [1.165, 1.54) is 93.8 Å². The van der Waals surface area contributed by atoms with Gasteiger partial charge in [-0.25, -0.2) is 0 Å². The van der Waals surface area contributed by atoms with Crippen molar-refractivity contribution in [2.24, 2.45) is 0 Å². The van der Waals surface area contributed by atoms with Crippen molar-refractivity contribution in [1.82, 2.24) is 9.13 Å². The molecule has 0 bridgehead atoms. The van der Waals surface area contributed by atoms with Crippen molar-refractivity contribution in [2.75, 3.05) is 0 Å². The van der Waals surface area contributed by atoms with Crippen molar-refractivity contribution in [3.63, 3.8) is 0 Å². The highest BCUT2D eigenvalue weighted by molar-refractivity contribution is 6.10. The van der Waals surface area contributed by atoms with Crippen LogP contribution in [0.2, 0.25) is 0 Å². The molecule has 0 aliphatic heterocycles. The lowest BCUT2D eigenvalue weighted by Gasteiger charge is -2.30. The molecule has 0 spiro atoms. The van der Waals surface area contributed by atoms with E-state index < -0.39 is 0 Å². The van der Waals surface area contributed by atoms with Gasteiger partial charge in [0.05, 0.1) is 11.0 Å². The molecular weight excluding hydrogens is 665 g/mol. The van der Waals surface area contributed by atoms with Gasteiger partial charge in [0, 0.05) is 50.2 Å². The van der Waals surface area contributed by atoms with Crippen LogP contribution in [0.3, 0.4) is 0 Å². The molecule has 2 heteroatoms. The first-order valence-electron chi connectivity index (χ1n) is 19.9. The summed E-state index contributed by atoms with van der Waals surface area (Å²) in [7, 11) is 0. The summed E-state index contributed by atoms with van der Waals surface area (Å²) in [4.78, 5) is 0. The van der Waals surface area contributed by atoms with Crippen LogP contribution >= 0.6 is 0 Å². The van der Waals surface area contributed by atoms with Crippen molar-refractivity contribution in [3.05, 3.63) is 185 Å². The molecule has 0 N–H and O–H groups in total. The average molecular weight is 709 g/mol. The summed E-state index contributed by atoms with van der Waals surface area (Å²) in [6.07, 6.45) is 11.3. The summed E-state index contributed by atoms with van der Waals surface area (Å²) < 4.78 is 4.79. The van der Waals surface area contributed by atoms with Gasteiger partial charge in [0.1, 0.15) is 0 Å². The molecule has 2 heterocycles. The Bertz CT molecular complexity index is 2980. The highest BCUT2D eigenvalue weighted by atomic mass is 15.0. The molecule has 0 atom stereocenters. The Morgan fingerprint density at radius 1 is 0.418 bits per heavy atom. The number of nitrogens with zero attached hydrogens (tertiary/aromatic N) is 2. The number of benzene rings is 7. The van der Waals surface area contributed by atoms with Crippen LogP contribution in [-0.4, -0.2) is 9.13 Å². The van der Waals surface area contributed by atoms with Gasteiger partial charge >= 0.3 is 0 Å². The van der Waals surface area contributed by atoms with Crippen molar-refractivity contribution in [3.8, 4) is 16.8 Å². The molecule has 0 unspecified atom stereocenters. The van der Waals surface area contributed by atoms with Crippen LogP contribution in [-0.2, 0) is 12.0 Å². The molecule has 0 radical (unpaired) electrons. The quantitative estimate of drug-likeness (QED) is 0.139.